The second kappa shape index (κ2) is 20.2. The number of quaternary nitrogens is 1. The van der Waals surface area contributed by atoms with Crippen molar-refractivity contribution >= 4 is 17.8 Å². The molecule has 0 spiro atoms. The van der Waals surface area contributed by atoms with Crippen LogP contribution in [0.4, 0.5) is 4.79 Å². The number of carbonyl (C=O) groups is 3. The van der Waals surface area contributed by atoms with Crippen molar-refractivity contribution < 1.29 is 57.1 Å². The van der Waals surface area contributed by atoms with Gasteiger partial charge in [0.05, 0.1) is 57.5 Å². The molecule has 1 amide bonds. The van der Waals surface area contributed by atoms with E-state index in [0.717, 1.165) is 25.7 Å². The van der Waals surface area contributed by atoms with Gasteiger partial charge in [0.1, 0.15) is 18.2 Å². The van der Waals surface area contributed by atoms with E-state index >= 15 is 0 Å². The van der Waals surface area contributed by atoms with Crippen LogP contribution in [0.2, 0.25) is 0 Å². The molecule has 0 radical (unpaired) electrons. The van der Waals surface area contributed by atoms with Gasteiger partial charge in [-0.25, -0.2) is 4.79 Å². The Kier molecular flexibility index (Phi) is 15.8. The summed E-state index contributed by atoms with van der Waals surface area (Å²) in [5.41, 5.74) is 0.713. The number of carbonyl (C=O) groups excluding carboxylic acids is 3. The van der Waals surface area contributed by atoms with Crippen molar-refractivity contribution in [2.75, 3.05) is 48.6 Å². The molecular weight excluding hydrogens is 769 g/mol. The van der Waals surface area contributed by atoms with Crippen LogP contribution in [0.25, 0.3) is 0 Å². The van der Waals surface area contributed by atoms with Gasteiger partial charge < -0.3 is 43.2 Å². The fraction of sp³-hybridized carbons (Fsp3) is 0.809. The van der Waals surface area contributed by atoms with Crippen LogP contribution in [0.15, 0.2) is 36.0 Å². The molecule has 13 nitrogen and oxygen atoms in total. The minimum atomic E-state index is -0.572. The Morgan fingerprint density at radius 1 is 0.983 bits per heavy atom. The van der Waals surface area contributed by atoms with Crippen LogP contribution >= 0.6 is 0 Å². The van der Waals surface area contributed by atoms with Crippen molar-refractivity contribution in [1.82, 2.24) is 4.90 Å². The molecule has 338 valence electrons. The fourth-order valence-electron chi connectivity index (χ4n) is 11.2. The zero-order chi connectivity index (χ0) is 43.5. The molecular formula is C47H75N2O11+. The first kappa shape index (κ1) is 46.8. The van der Waals surface area contributed by atoms with Crippen molar-refractivity contribution in [2.45, 2.75) is 148 Å². The van der Waals surface area contributed by atoms with Crippen LogP contribution < -0.4 is 0 Å². The first-order chi connectivity index (χ1) is 28.6. The molecule has 3 aliphatic heterocycles. The van der Waals surface area contributed by atoms with Crippen LogP contribution in [0, 0.1) is 47.3 Å². The summed E-state index contributed by atoms with van der Waals surface area (Å²) in [5.74, 6) is -0.609. The van der Waals surface area contributed by atoms with E-state index in [2.05, 4.69) is 38.2 Å². The minimum absolute atomic E-state index is 0.0107. The van der Waals surface area contributed by atoms with Crippen LogP contribution in [-0.4, -0.2) is 136 Å². The van der Waals surface area contributed by atoms with Crippen LogP contribution in [0.1, 0.15) is 92.4 Å². The van der Waals surface area contributed by atoms with E-state index in [1.807, 2.05) is 40.9 Å². The molecule has 6 aliphatic rings. The number of nitrogens with zero attached hydrogens (tertiary/aromatic N) is 2. The second-order valence-corrected chi connectivity index (χ2v) is 19.4. The quantitative estimate of drug-likeness (QED) is 0.107. The summed E-state index contributed by atoms with van der Waals surface area (Å²) in [6.45, 7) is 10.3. The number of ether oxygens (including phenoxy) is 7. The molecule has 13 heteroatoms. The predicted octanol–water partition coefficient (Wildman–Crippen LogP) is 6.43. The number of fused-ring (bicyclic) bond motifs is 5. The Morgan fingerprint density at radius 3 is 2.43 bits per heavy atom. The summed E-state index contributed by atoms with van der Waals surface area (Å²) in [4.78, 5) is 42.2. The molecule has 60 heavy (non-hydrogen) atoms. The van der Waals surface area contributed by atoms with Crippen LogP contribution in [0.5, 0.6) is 0 Å². The van der Waals surface area contributed by atoms with Crippen molar-refractivity contribution in [1.29, 1.82) is 0 Å². The van der Waals surface area contributed by atoms with Gasteiger partial charge in [-0.3, -0.25) is 14.1 Å². The van der Waals surface area contributed by atoms with Gasteiger partial charge >= 0.3 is 12.1 Å². The Hall–Kier alpha value is -2.65. The number of cyclic esters (lactones) is 1. The fourth-order valence-corrected chi connectivity index (χ4v) is 11.2. The summed E-state index contributed by atoms with van der Waals surface area (Å²) < 4.78 is 44.4. The summed E-state index contributed by atoms with van der Waals surface area (Å²) in [7, 11) is 9.12. The van der Waals surface area contributed by atoms with Crippen LogP contribution in [0.3, 0.4) is 0 Å². The molecule has 3 saturated heterocycles. The monoisotopic (exact) mass is 844 g/mol. The third kappa shape index (κ3) is 10.4. The summed E-state index contributed by atoms with van der Waals surface area (Å²) in [5, 5.41) is 10.4. The number of methoxy groups -OCH3 is 1. The van der Waals surface area contributed by atoms with Gasteiger partial charge in [0.15, 0.2) is 18.4 Å². The lowest BCUT2D eigenvalue weighted by atomic mass is 9.70. The minimum Gasteiger partial charge on any atom is -0.458 e. The number of allylic oxidation sites excluding steroid dienone is 5. The van der Waals surface area contributed by atoms with E-state index in [0.29, 0.717) is 35.7 Å². The number of esters is 1. The van der Waals surface area contributed by atoms with E-state index in [9.17, 15) is 19.5 Å². The zero-order valence-corrected chi connectivity index (χ0v) is 37.9. The van der Waals surface area contributed by atoms with Crippen LogP contribution in [-0.2, 0) is 42.7 Å². The van der Waals surface area contributed by atoms with Gasteiger partial charge in [-0.05, 0) is 87.7 Å². The van der Waals surface area contributed by atoms with Gasteiger partial charge in [0.2, 0.25) is 6.73 Å². The number of likely N-dealkylation sites (N-methyl/N-ethyl adjacent to an activating group) is 1. The third-order valence-corrected chi connectivity index (χ3v) is 14.8. The molecule has 0 aromatic rings. The van der Waals surface area contributed by atoms with Gasteiger partial charge in [0, 0.05) is 51.8 Å². The summed E-state index contributed by atoms with van der Waals surface area (Å²) in [6.07, 6.45) is 14.1. The first-order valence-corrected chi connectivity index (χ1v) is 22.8. The number of aliphatic hydroxyl groups is 1. The molecule has 8 unspecified atom stereocenters. The van der Waals surface area contributed by atoms with Crippen molar-refractivity contribution in [2.24, 2.45) is 47.3 Å². The maximum atomic E-state index is 14.9. The molecule has 0 aromatic heterocycles. The average molecular weight is 844 g/mol. The van der Waals surface area contributed by atoms with E-state index in [-0.39, 0.29) is 116 Å². The number of amides is 1. The Balaban J connectivity index is 1.19. The maximum absolute atomic E-state index is 14.9. The highest BCUT2D eigenvalue weighted by Crippen LogP contribution is 2.54. The molecule has 0 aromatic carbocycles. The number of Topliss-reactive ketones (excluding diaryl/α,β-unsaturated/α-hetero) is 1. The molecule has 4 fully saturated rings. The Bertz CT molecular complexity index is 1580. The largest absolute Gasteiger partial charge is 0.458 e. The lowest BCUT2D eigenvalue weighted by Gasteiger charge is -2.44. The van der Waals surface area contributed by atoms with Crippen molar-refractivity contribution in [3.63, 3.8) is 0 Å². The average Bonchev–Trinajstić information content (AvgIpc) is 3.79. The van der Waals surface area contributed by atoms with E-state index in [1.165, 1.54) is 4.90 Å². The Labute approximate surface area is 358 Å². The smallest absolute Gasteiger partial charge is 0.413 e. The molecule has 1 saturated carbocycles. The number of rotatable bonds is 11. The third-order valence-electron chi connectivity index (χ3n) is 14.8. The lowest BCUT2D eigenvalue weighted by Crippen LogP contribution is -2.58. The summed E-state index contributed by atoms with van der Waals surface area (Å²) >= 11 is 0. The zero-order valence-electron chi connectivity index (χ0n) is 37.9. The first-order valence-electron chi connectivity index (χ1n) is 22.8. The van der Waals surface area contributed by atoms with Gasteiger partial charge in [0.25, 0.3) is 0 Å². The molecule has 3 heterocycles. The normalized spacial score (nSPS) is 41.4. The highest BCUT2D eigenvalue weighted by molar-refractivity contribution is 5.99. The van der Waals surface area contributed by atoms with Crippen molar-refractivity contribution in [3.8, 4) is 0 Å². The van der Waals surface area contributed by atoms with Gasteiger partial charge in [-0.15, -0.1) is 0 Å². The van der Waals surface area contributed by atoms with Gasteiger partial charge in [-0.2, -0.15) is 0 Å². The van der Waals surface area contributed by atoms with Gasteiger partial charge in [-0.1, -0.05) is 45.1 Å². The summed E-state index contributed by atoms with van der Waals surface area (Å²) in [6, 6.07) is 0.0852. The van der Waals surface area contributed by atoms with E-state index in [4.69, 9.17) is 33.2 Å². The standard InChI is InChI=1S/C47H75N2O11/c1-11-12-14-32-15-13-16-41(60-43-20-19-40(30(5)56-43)49(8,9)26-55-47(53)48(6)7)28(3)44(52)38-23-36-34(37(38)24-42(51)58-32)18-17-31-21-33(22-35(31)36)59-46-39(25-50)45(54-10)27(2)29(4)57-46/h12,14,17-18,23,27-37,39-41,43,45-46,50H,11,13,15-16,19-22,24-26H2,1-10H3/q+1/b14-12+/t27?,28-,29?,30?,31-,32+,33-,34-,35-,36-,37+,39?,40?,41+,43?,45?,46?/m1/s1. The van der Waals surface area contributed by atoms with Crippen molar-refractivity contribution in [3.05, 3.63) is 36.0 Å². The molecule has 17 atom stereocenters. The van der Waals surface area contributed by atoms with E-state index in [1.54, 1.807) is 21.2 Å². The number of hydrogen-bond donors (Lipinski definition) is 1. The molecule has 6 rings (SSSR count). The second-order valence-electron chi connectivity index (χ2n) is 19.4. The number of aliphatic hydroxyl groups excluding tert-OH is 1. The number of hydrogen-bond acceptors (Lipinski definition) is 11. The van der Waals surface area contributed by atoms with E-state index < -0.39 is 24.6 Å². The predicted molar refractivity (Wildman–Crippen MR) is 225 cm³/mol. The molecule has 3 aliphatic carbocycles. The Morgan fingerprint density at radius 2 is 1.75 bits per heavy atom. The topological polar surface area (TPSA) is 139 Å². The highest BCUT2D eigenvalue weighted by Gasteiger charge is 2.52. The highest BCUT2D eigenvalue weighted by atomic mass is 16.7. The molecule has 0 bridgehead atoms. The number of ketones is 1. The molecule has 1 N–H and O–H groups in total. The maximum Gasteiger partial charge on any atom is 0.413 e. The SMILES string of the molecule is CC/C=C/[C@H]1CCC[C@H](OC2CCC([N+](C)(C)COC(=O)N(C)C)C(C)O2)[C@@H](C)C(=O)C2=C[C@@H]3[C@@H](C=C[C@@H]4C[C@@H](OC5OC(C)C(C)C(OC)C5CO)C[C@@H]34)[C@@H]2CC(=O)O1. The lowest BCUT2D eigenvalue weighted by molar-refractivity contribution is -0.936.